The van der Waals surface area contributed by atoms with Crippen molar-refractivity contribution >= 4 is 52.2 Å². The summed E-state index contributed by atoms with van der Waals surface area (Å²) in [5.41, 5.74) is 1.21. The number of ketones is 1. The third-order valence-electron chi connectivity index (χ3n) is 2.70. The van der Waals surface area contributed by atoms with Crippen molar-refractivity contribution in [3.8, 4) is 0 Å². The molecule has 1 N–H and O–H groups in total. The van der Waals surface area contributed by atoms with E-state index in [2.05, 4.69) is 22.4 Å². The summed E-state index contributed by atoms with van der Waals surface area (Å²) < 4.78 is 1.72. The van der Waals surface area contributed by atoms with Crippen LogP contribution in [0.3, 0.4) is 0 Å². The van der Waals surface area contributed by atoms with Crippen molar-refractivity contribution in [1.82, 2.24) is 10.2 Å². The van der Waals surface area contributed by atoms with Crippen molar-refractivity contribution in [2.75, 3.05) is 16.8 Å². The van der Waals surface area contributed by atoms with Gasteiger partial charge in [0.25, 0.3) is 0 Å². The van der Waals surface area contributed by atoms with Crippen molar-refractivity contribution in [2.24, 2.45) is 0 Å². The first-order chi connectivity index (χ1) is 11.1. The number of amides is 1. The predicted molar refractivity (Wildman–Crippen MR) is 96.7 cm³/mol. The van der Waals surface area contributed by atoms with Gasteiger partial charge in [-0.25, -0.2) is 0 Å². The fraction of sp³-hybridized carbons (Fsp3) is 0.333. The van der Waals surface area contributed by atoms with Gasteiger partial charge >= 0.3 is 0 Å². The average Bonchev–Trinajstić information content (AvgIpc) is 2.99. The van der Waals surface area contributed by atoms with E-state index in [0.717, 1.165) is 20.9 Å². The number of carbonyl (C=O) groups excluding carboxylic acids is 2. The number of benzene rings is 1. The Hall–Kier alpha value is -1.38. The fourth-order valence-corrected chi connectivity index (χ4v) is 4.39. The molecule has 0 bridgehead atoms. The number of hydrogen-bond acceptors (Lipinski definition) is 7. The SMILES string of the molecule is CCCSc1nnc(SCC(=O)Nc2cccc(C(C)=O)c2)s1. The summed E-state index contributed by atoms with van der Waals surface area (Å²) in [5, 5.41) is 10.9. The molecule has 0 aliphatic heterocycles. The van der Waals surface area contributed by atoms with E-state index >= 15 is 0 Å². The van der Waals surface area contributed by atoms with Gasteiger partial charge in [0, 0.05) is 17.0 Å². The molecular formula is C15H17N3O2S3. The zero-order valence-corrected chi connectivity index (χ0v) is 15.3. The fourth-order valence-electron chi connectivity index (χ4n) is 1.64. The van der Waals surface area contributed by atoms with Crippen LogP contribution in [0.2, 0.25) is 0 Å². The lowest BCUT2D eigenvalue weighted by Gasteiger charge is -2.05. The van der Waals surface area contributed by atoms with Crippen LogP contribution in [0.4, 0.5) is 5.69 Å². The van der Waals surface area contributed by atoms with E-state index in [0.29, 0.717) is 11.3 Å². The smallest absolute Gasteiger partial charge is 0.234 e. The maximum absolute atomic E-state index is 12.0. The molecular weight excluding hydrogens is 350 g/mol. The molecule has 2 aromatic rings. The van der Waals surface area contributed by atoms with Crippen molar-refractivity contribution in [3.63, 3.8) is 0 Å². The van der Waals surface area contributed by atoms with Crippen molar-refractivity contribution in [3.05, 3.63) is 29.8 Å². The zero-order valence-electron chi connectivity index (χ0n) is 12.9. The van der Waals surface area contributed by atoms with Crippen molar-refractivity contribution < 1.29 is 9.59 Å². The molecule has 2 rings (SSSR count). The van der Waals surface area contributed by atoms with E-state index in [1.54, 1.807) is 36.0 Å². The molecule has 0 aliphatic carbocycles. The molecule has 0 atom stereocenters. The average molecular weight is 368 g/mol. The van der Waals surface area contributed by atoms with E-state index < -0.39 is 0 Å². The number of anilines is 1. The van der Waals surface area contributed by atoms with Crippen molar-refractivity contribution in [1.29, 1.82) is 0 Å². The highest BCUT2D eigenvalue weighted by Gasteiger charge is 2.09. The number of carbonyl (C=O) groups is 2. The van der Waals surface area contributed by atoms with Crippen LogP contribution < -0.4 is 5.32 Å². The van der Waals surface area contributed by atoms with E-state index in [4.69, 9.17) is 0 Å². The second-order valence-corrected chi connectivity index (χ2v) is 8.20. The van der Waals surface area contributed by atoms with E-state index in [1.165, 1.54) is 30.0 Å². The standard InChI is InChI=1S/C15H17N3O2S3/c1-3-7-21-14-17-18-15(23-14)22-9-13(20)16-12-6-4-5-11(8-12)10(2)19/h4-6,8H,3,7,9H2,1-2H3,(H,16,20). The van der Waals surface area contributed by atoms with Crippen LogP contribution in [0.25, 0.3) is 0 Å². The number of aromatic nitrogens is 2. The van der Waals surface area contributed by atoms with Gasteiger partial charge in [0.2, 0.25) is 5.91 Å². The van der Waals surface area contributed by atoms with Gasteiger partial charge < -0.3 is 5.32 Å². The second-order valence-electron chi connectivity index (χ2n) is 4.66. The number of rotatable bonds is 8. The Labute approximate surface area is 147 Å². The topological polar surface area (TPSA) is 72.0 Å². The van der Waals surface area contributed by atoms with Crippen LogP contribution in [0.15, 0.2) is 32.9 Å². The van der Waals surface area contributed by atoms with Crippen molar-refractivity contribution in [2.45, 2.75) is 28.9 Å². The third kappa shape index (κ3) is 5.96. The van der Waals surface area contributed by atoms with E-state index in [1.807, 2.05) is 0 Å². The van der Waals surface area contributed by atoms with Gasteiger partial charge in [0.05, 0.1) is 5.75 Å². The summed E-state index contributed by atoms with van der Waals surface area (Å²) in [6, 6.07) is 6.92. The second kappa shape index (κ2) is 9.05. The molecule has 0 spiro atoms. The Morgan fingerprint density at radius 1 is 1.22 bits per heavy atom. The first kappa shape index (κ1) is 18.0. The molecule has 0 saturated carbocycles. The first-order valence-electron chi connectivity index (χ1n) is 7.08. The number of Topliss-reactive ketones (excluding diaryl/α,β-unsaturated/α-hetero) is 1. The normalized spacial score (nSPS) is 10.5. The number of nitrogens with one attached hydrogen (secondary N) is 1. The van der Waals surface area contributed by atoms with Gasteiger partial charge in [-0.1, -0.05) is 53.9 Å². The van der Waals surface area contributed by atoms with Crippen LogP contribution in [0.5, 0.6) is 0 Å². The molecule has 1 aromatic heterocycles. The molecule has 122 valence electrons. The Morgan fingerprint density at radius 2 is 1.96 bits per heavy atom. The molecule has 23 heavy (non-hydrogen) atoms. The largest absolute Gasteiger partial charge is 0.325 e. The van der Waals surface area contributed by atoms with Crippen LogP contribution in [-0.2, 0) is 4.79 Å². The maximum Gasteiger partial charge on any atom is 0.234 e. The van der Waals surface area contributed by atoms with E-state index in [9.17, 15) is 9.59 Å². The van der Waals surface area contributed by atoms with Gasteiger partial charge in [0.1, 0.15) is 0 Å². The molecule has 0 saturated heterocycles. The third-order valence-corrected chi connectivity index (χ3v) is 6.09. The molecule has 5 nitrogen and oxygen atoms in total. The summed E-state index contributed by atoms with van der Waals surface area (Å²) in [6.45, 7) is 3.62. The van der Waals surface area contributed by atoms with Gasteiger partial charge in [-0.3, -0.25) is 9.59 Å². The Balaban J connectivity index is 1.84. The van der Waals surface area contributed by atoms with Crippen LogP contribution >= 0.6 is 34.9 Å². The summed E-state index contributed by atoms with van der Waals surface area (Å²) in [7, 11) is 0. The van der Waals surface area contributed by atoms with Gasteiger partial charge in [-0.2, -0.15) is 0 Å². The minimum Gasteiger partial charge on any atom is -0.325 e. The van der Waals surface area contributed by atoms with Gasteiger partial charge in [-0.15, -0.1) is 10.2 Å². The van der Waals surface area contributed by atoms with Crippen LogP contribution in [0.1, 0.15) is 30.6 Å². The van der Waals surface area contributed by atoms with Crippen LogP contribution in [-0.4, -0.2) is 33.4 Å². The Morgan fingerprint density at radius 3 is 2.65 bits per heavy atom. The van der Waals surface area contributed by atoms with Crippen LogP contribution in [0, 0.1) is 0 Å². The molecule has 0 radical (unpaired) electrons. The Kier molecular flexibility index (Phi) is 7.07. The van der Waals surface area contributed by atoms with Gasteiger partial charge in [0.15, 0.2) is 14.5 Å². The highest BCUT2D eigenvalue weighted by atomic mass is 32.2. The summed E-state index contributed by atoms with van der Waals surface area (Å²) >= 11 is 4.55. The molecule has 0 aliphatic rings. The highest BCUT2D eigenvalue weighted by molar-refractivity contribution is 8.03. The lowest BCUT2D eigenvalue weighted by atomic mass is 10.1. The minimum absolute atomic E-state index is 0.0264. The molecule has 1 amide bonds. The molecule has 8 heteroatoms. The maximum atomic E-state index is 12.0. The van der Waals surface area contributed by atoms with E-state index in [-0.39, 0.29) is 17.4 Å². The minimum atomic E-state index is -0.131. The summed E-state index contributed by atoms with van der Waals surface area (Å²) in [6.07, 6.45) is 1.09. The lowest BCUT2D eigenvalue weighted by Crippen LogP contribution is -2.14. The predicted octanol–water partition coefficient (Wildman–Crippen LogP) is 3.97. The Bertz CT molecular complexity index is 688. The monoisotopic (exact) mass is 367 g/mol. The number of nitrogens with zero attached hydrogens (tertiary/aromatic N) is 2. The quantitative estimate of drug-likeness (QED) is 0.562. The molecule has 0 fully saturated rings. The highest BCUT2D eigenvalue weighted by Crippen LogP contribution is 2.29. The zero-order chi connectivity index (χ0) is 16.7. The first-order valence-corrected chi connectivity index (χ1v) is 9.87. The molecule has 0 unspecified atom stereocenters. The number of thioether (sulfide) groups is 2. The lowest BCUT2D eigenvalue weighted by molar-refractivity contribution is -0.113. The number of hydrogen-bond donors (Lipinski definition) is 1. The summed E-state index contributed by atoms with van der Waals surface area (Å²) in [5.74, 6) is 1.12. The summed E-state index contributed by atoms with van der Waals surface area (Å²) in [4.78, 5) is 23.3. The van der Waals surface area contributed by atoms with Gasteiger partial charge in [-0.05, 0) is 25.5 Å². The molecule has 1 aromatic carbocycles. The molecule has 1 heterocycles.